The van der Waals surface area contributed by atoms with E-state index in [9.17, 15) is 9.59 Å². The molecule has 0 unspecified atom stereocenters. The van der Waals surface area contributed by atoms with Crippen molar-refractivity contribution in [3.63, 3.8) is 0 Å². The van der Waals surface area contributed by atoms with Crippen LogP contribution < -0.4 is 20.1 Å². The Bertz CT molecular complexity index is 1180. The summed E-state index contributed by atoms with van der Waals surface area (Å²) < 4.78 is 12.5. The number of aromatic nitrogens is 2. The molecular weight excluding hydrogens is 408 g/mol. The molecule has 2 atom stereocenters. The first kappa shape index (κ1) is 21.4. The number of anilines is 1. The molecule has 1 aliphatic heterocycles. The van der Waals surface area contributed by atoms with E-state index in [1.54, 1.807) is 44.1 Å². The largest absolute Gasteiger partial charge is 0.497 e. The molecule has 0 radical (unpaired) electrons. The van der Waals surface area contributed by atoms with Crippen LogP contribution >= 0.6 is 0 Å². The lowest BCUT2D eigenvalue weighted by molar-refractivity contribution is -0.118. The van der Waals surface area contributed by atoms with Gasteiger partial charge in [-0.1, -0.05) is 17.7 Å². The summed E-state index contributed by atoms with van der Waals surface area (Å²) in [7, 11) is 4.93. The lowest BCUT2D eigenvalue weighted by Gasteiger charge is -2.33. The molecular formula is C24H26N4O4. The minimum absolute atomic E-state index is 0.312. The van der Waals surface area contributed by atoms with Gasteiger partial charge >= 0.3 is 0 Å². The topological polar surface area (TPSA) is 94.5 Å². The van der Waals surface area contributed by atoms with Gasteiger partial charge in [0.15, 0.2) is 0 Å². The van der Waals surface area contributed by atoms with Crippen molar-refractivity contribution >= 4 is 17.6 Å². The fraction of sp³-hybridized carbons (Fsp3) is 0.292. The zero-order chi connectivity index (χ0) is 23.0. The zero-order valence-corrected chi connectivity index (χ0v) is 18.7. The predicted octanol–water partition coefficient (Wildman–Crippen LogP) is 2.94. The summed E-state index contributed by atoms with van der Waals surface area (Å²) in [5.41, 5.74) is 3.85. The Hall–Kier alpha value is -3.81. The molecule has 0 bridgehead atoms. The number of methoxy groups -OCH3 is 2. The fourth-order valence-corrected chi connectivity index (χ4v) is 4.24. The second kappa shape index (κ2) is 8.37. The molecule has 0 aliphatic carbocycles. The highest BCUT2D eigenvalue weighted by Crippen LogP contribution is 2.41. The van der Waals surface area contributed by atoms with Crippen molar-refractivity contribution in [1.29, 1.82) is 0 Å². The van der Waals surface area contributed by atoms with Crippen molar-refractivity contribution in [2.24, 2.45) is 7.05 Å². The van der Waals surface area contributed by atoms with E-state index in [-0.39, 0.29) is 11.8 Å². The van der Waals surface area contributed by atoms with E-state index >= 15 is 0 Å². The molecule has 4 rings (SSSR count). The van der Waals surface area contributed by atoms with Crippen LogP contribution in [0.25, 0.3) is 0 Å². The van der Waals surface area contributed by atoms with Crippen LogP contribution in [0.5, 0.6) is 11.5 Å². The van der Waals surface area contributed by atoms with Crippen molar-refractivity contribution in [3.8, 4) is 11.5 Å². The van der Waals surface area contributed by atoms with Crippen molar-refractivity contribution in [3.05, 3.63) is 70.4 Å². The first-order valence-corrected chi connectivity index (χ1v) is 10.3. The molecule has 8 heteroatoms. The van der Waals surface area contributed by atoms with E-state index < -0.39 is 12.0 Å². The first-order valence-electron chi connectivity index (χ1n) is 10.3. The van der Waals surface area contributed by atoms with Gasteiger partial charge in [-0.25, -0.2) is 0 Å². The lowest BCUT2D eigenvalue weighted by atomic mass is 9.81. The minimum atomic E-state index is -0.852. The molecule has 2 N–H and O–H groups in total. The van der Waals surface area contributed by atoms with Gasteiger partial charge in [-0.3, -0.25) is 14.3 Å². The summed E-state index contributed by atoms with van der Waals surface area (Å²) in [5.74, 6) is 0.687. The molecule has 0 saturated heterocycles. The molecule has 1 aliphatic rings. The number of carbonyl (C=O) groups excluding carboxylic acids is 2. The quantitative estimate of drug-likeness (QED) is 0.644. The normalized spacial score (nSPS) is 17.3. The van der Waals surface area contributed by atoms with Gasteiger partial charge in [0.1, 0.15) is 23.4 Å². The fourth-order valence-electron chi connectivity index (χ4n) is 4.24. The van der Waals surface area contributed by atoms with Crippen LogP contribution in [0.15, 0.2) is 42.5 Å². The lowest BCUT2D eigenvalue weighted by Crippen LogP contribution is -2.50. The van der Waals surface area contributed by atoms with Gasteiger partial charge in [-0.15, -0.1) is 0 Å². The first-order chi connectivity index (χ1) is 15.3. The summed E-state index contributed by atoms with van der Waals surface area (Å²) in [6, 6.07) is 11.9. The van der Waals surface area contributed by atoms with Crippen LogP contribution in [0, 0.1) is 13.8 Å². The Balaban J connectivity index is 1.83. The van der Waals surface area contributed by atoms with Crippen LogP contribution in [-0.2, 0) is 11.8 Å². The van der Waals surface area contributed by atoms with E-state index in [0.29, 0.717) is 22.9 Å². The van der Waals surface area contributed by atoms with Crippen LogP contribution in [0.1, 0.15) is 38.7 Å². The number of ether oxygens (including phenoxy) is 2. The van der Waals surface area contributed by atoms with Gasteiger partial charge in [0.25, 0.3) is 5.91 Å². The highest BCUT2D eigenvalue weighted by Gasteiger charge is 2.41. The van der Waals surface area contributed by atoms with Crippen molar-refractivity contribution in [2.45, 2.75) is 25.8 Å². The smallest absolute Gasteiger partial charge is 0.251 e. The molecule has 2 aromatic carbocycles. The van der Waals surface area contributed by atoms with Gasteiger partial charge < -0.3 is 20.1 Å². The SMILES string of the molecule is COc1cc(OC)cc([C@H]2c3c(C)nn(C)c3NC(=O)[C@@H]2NC(=O)c2cccc(C)c2)c1. The summed E-state index contributed by atoms with van der Waals surface area (Å²) >= 11 is 0. The van der Waals surface area contributed by atoms with Gasteiger partial charge in [0.2, 0.25) is 5.91 Å². The van der Waals surface area contributed by atoms with Gasteiger partial charge in [0, 0.05) is 30.2 Å². The number of fused-ring (bicyclic) bond motifs is 1. The van der Waals surface area contributed by atoms with Crippen LogP contribution in [0.3, 0.4) is 0 Å². The molecule has 166 valence electrons. The van der Waals surface area contributed by atoms with Crippen LogP contribution in [0.4, 0.5) is 5.82 Å². The number of rotatable bonds is 5. The number of benzene rings is 2. The highest BCUT2D eigenvalue weighted by molar-refractivity contribution is 6.04. The van der Waals surface area contributed by atoms with E-state index in [4.69, 9.17) is 9.47 Å². The second-order valence-electron chi connectivity index (χ2n) is 7.90. The Labute approximate surface area is 186 Å². The average Bonchev–Trinajstić information content (AvgIpc) is 3.06. The number of nitrogens with one attached hydrogen (secondary N) is 2. The van der Waals surface area contributed by atoms with Crippen molar-refractivity contribution < 1.29 is 19.1 Å². The Morgan fingerprint density at radius 1 is 1.09 bits per heavy atom. The summed E-state index contributed by atoms with van der Waals surface area (Å²) in [5, 5.41) is 10.4. The van der Waals surface area contributed by atoms with Crippen molar-refractivity contribution in [1.82, 2.24) is 15.1 Å². The van der Waals surface area contributed by atoms with Gasteiger partial charge in [-0.2, -0.15) is 5.10 Å². The number of hydrogen-bond acceptors (Lipinski definition) is 5. The number of carbonyl (C=O) groups is 2. The van der Waals surface area contributed by atoms with E-state index in [2.05, 4.69) is 15.7 Å². The second-order valence-corrected chi connectivity index (χ2v) is 7.90. The summed E-state index contributed by atoms with van der Waals surface area (Å²) in [6.45, 7) is 3.81. The highest BCUT2D eigenvalue weighted by atomic mass is 16.5. The monoisotopic (exact) mass is 434 g/mol. The standard InChI is InChI=1S/C24H26N4O4/c1-13-7-6-8-15(9-13)23(29)25-21-20(16-10-17(31-4)12-18(11-16)32-5)19-14(2)27-28(3)22(19)26-24(21)30/h6-12,20-21H,1-5H3,(H,25,29)(H,26,30)/t20-,21+/m0/s1. The van der Waals surface area contributed by atoms with Crippen LogP contribution in [-0.4, -0.2) is 41.9 Å². The zero-order valence-electron chi connectivity index (χ0n) is 18.7. The molecule has 2 amide bonds. The summed E-state index contributed by atoms with van der Waals surface area (Å²) in [6.07, 6.45) is 0. The van der Waals surface area contributed by atoms with E-state index in [1.165, 1.54) is 0 Å². The molecule has 0 fully saturated rings. The molecule has 0 spiro atoms. The molecule has 0 saturated carbocycles. The average molecular weight is 434 g/mol. The van der Waals surface area contributed by atoms with E-state index in [0.717, 1.165) is 22.4 Å². The predicted molar refractivity (Wildman–Crippen MR) is 120 cm³/mol. The number of aryl methyl sites for hydroxylation is 3. The Morgan fingerprint density at radius 3 is 2.41 bits per heavy atom. The molecule has 3 aromatic rings. The number of amides is 2. The number of nitrogens with zero attached hydrogens (tertiary/aromatic N) is 2. The maximum atomic E-state index is 13.2. The van der Waals surface area contributed by atoms with Crippen LogP contribution in [0.2, 0.25) is 0 Å². The Kier molecular flexibility index (Phi) is 5.61. The third kappa shape index (κ3) is 3.79. The van der Waals surface area contributed by atoms with Gasteiger partial charge in [-0.05, 0) is 43.7 Å². The molecule has 8 nitrogen and oxygen atoms in total. The molecule has 2 heterocycles. The molecule has 1 aromatic heterocycles. The maximum Gasteiger partial charge on any atom is 0.251 e. The van der Waals surface area contributed by atoms with Gasteiger partial charge in [0.05, 0.1) is 19.9 Å². The maximum absolute atomic E-state index is 13.2. The van der Waals surface area contributed by atoms with Crippen molar-refractivity contribution in [2.75, 3.05) is 19.5 Å². The molecule has 32 heavy (non-hydrogen) atoms. The third-order valence-electron chi connectivity index (χ3n) is 5.74. The summed E-state index contributed by atoms with van der Waals surface area (Å²) in [4.78, 5) is 26.3. The third-order valence-corrected chi connectivity index (χ3v) is 5.74. The number of hydrogen-bond donors (Lipinski definition) is 2. The Morgan fingerprint density at radius 2 is 1.78 bits per heavy atom. The van der Waals surface area contributed by atoms with E-state index in [1.807, 2.05) is 38.1 Å². The minimum Gasteiger partial charge on any atom is -0.497 e.